The number of hydrogen-bond donors (Lipinski definition) is 1. The lowest BCUT2D eigenvalue weighted by atomic mass is 10.1. The van der Waals surface area contributed by atoms with Gasteiger partial charge in [0.2, 0.25) is 5.75 Å². The molecule has 2 aromatic carbocycles. The molecule has 0 atom stereocenters. The summed E-state index contributed by atoms with van der Waals surface area (Å²) in [7, 11) is 4.48. The number of methoxy groups -OCH3 is 3. The van der Waals surface area contributed by atoms with Gasteiger partial charge in [0, 0.05) is 5.56 Å². The van der Waals surface area contributed by atoms with Crippen LogP contribution >= 0.6 is 0 Å². The number of allylic oxidation sites excluding steroid dienone is 1. The first-order valence-corrected chi connectivity index (χ1v) is 7.89. The third kappa shape index (κ3) is 4.27. The molecule has 0 aliphatic carbocycles. The summed E-state index contributed by atoms with van der Waals surface area (Å²) in [6, 6.07) is 8.18. The third-order valence-corrected chi connectivity index (χ3v) is 3.70. The highest BCUT2D eigenvalue weighted by atomic mass is 16.5. The average molecular weight is 358 g/mol. The van der Waals surface area contributed by atoms with Gasteiger partial charge in [-0.1, -0.05) is 6.07 Å². The Morgan fingerprint density at radius 1 is 0.923 bits per heavy atom. The van der Waals surface area contributed by atoms with Crippen molar-refractivity contribution in [1.29, 1.82) is 0 Å². The molecule has 0 fully saturated rings. The molecule has 0 amide bonds. The van der Waals surface area contributed by atoms with Crippen molar-refractivity contribution in [3.8, 4) is 28.7 Å². The molecule has 0 heterocycles. The zero-order chi connectivity index (χ0) is 19.3. The van der Waals surface area contributed by atoms with E-state index in [1.54, 1.807) is 43.3 Å². The Morgan fingerprint density at radius 2 is 1.50 bits per heavy atom. The molecule has 2 aromatic rings. The highest BCUT2D eigenvalue weighted by Crippen LogP contribution is 2.40. The lowest BCUT2D eigenvalue weighted by Crippen LogP contribution is -2.01. The summed E-state index contributed by atoms with van der Waals surface area (Å²) in [6.45, 7) is 3.25. The molecule has 0 unspecified atom stereocenters. The van der Waals surface area contributed by atoms with Crippen molar-refractivity contribution in [3.63, 3.8) is 0 Å². The van der Waals surface area contributed by atoms with Crippen molar-refractivity contribution in [1.82, 2.24) is 0 Å². The van der Waals surface area contributed by atoms with E-state index in [1.165, 1.54) is 28.3 Å². The monoisotopic (exact) mass is 358 g/mol. The second kappa shape index (κ2) is 8.29. The van der Waals surface area contributed by atoms with Crippen LogP contribution in [0.2, 0.25) is 0 Å². The molecule has 0 aliphatic heterocycles. The van der Waals surface area contributed by atoms with Crippen LogP contribution < -0.4 is 18.9 Å². The van der Waals surface area contributed by atoms with E-state index < -0.39 is 0 Å². The van der Waals surface area contributed by atoms with Gasteiger partial charge in [0.25, 0.3) is 0 Å². The first-order valence-electron chi connectivity index (χ1n) is 7.89. The number of hydrogen-bond acceptors (Lipinski definition) is 6. The van der Waals surface area contributed by atoms with E-state index in [2.05, 4.69) is 0 Å². The van der Waals surface area contributed by atoms with Gasteiger partial charge in [0.05, 0.1) is 21.3 Å². The van der Waals surface area contributed by atoms with Crippen molar-refractivity contribution in [2.24, 2.45) is 0 Å². The number of phenols is 1. The minimum absolute atomic E-state index is 0.0615. The second-order valence-electron chi connectivity index (χ2n) is 5.55. The molecule has 1 N–H and O–H groups in total. The molecule has 0 spiro atoms. The molecule has 2 rings (SSSR count). The van der Waals surface area contributed by atoms with Crippen molar-refractivity contribution in [2.75, 3.05) is 21.3 Å². The number of ketones is 1. The Hall–Kier alpha value is -3.15. The molecule has 0 aromatic heterocycles. The minimum Gasteiger partial charge on any atom is -0.504 e. The zero-order valence-corrected chi connectivity index (χ0v) is 15.5. The highest BCUT2D eigenvalue weighted by molar-refractivity contribution is 5.95. The largest absolute Gasteiger partial charge is 0.504 e. The minimum atomic E-state index is -0.100. The fourth-order valence-electron chi connectivity index (χ4n) is 2.39. The number of aromatic hydroxyl groups is 1. The Morgan fingerprint density at radius 3 is 2.00 bits per heavy atom. The summed E-state index contributed by atoms with van der Waals surface area (Å²) in [5.74, 6) is 2.05. The van der Waals surface area contributed by atoms with E-state index in [1.807, 2.05) is 0 Å². The normalized spacial score (nSPS) is 11.0. The number of rotatable bonds is 7. The smallest absolute Gasteiger partial charge is 0.210 e. The number of Topliss-reactive ketones (excluding diaryl/α,β-unsaturated/α-hetero) is 1. The van der Waals surface area contributed by atoms with Crippen LogP contribution in [-0.4, -0.2) is 32.2 Å². The van der Waals surface area contributed by atoms with E-state index in [-0.39, 0.29) is 11.5 Å². The number of carbonyl (C=O) groups excluding carboxylic acids is 1. The van der Waals surface area contributed by atoms with Gasteiger partial charge < -0.3 is 24.1 Å². The summed E-state index contributed by atoms with van der Waals surface area (Å²) in [6.07, 6.45) is 1.78. The number of ether oxygens (including phenoxy) is 4. The lowest BCUT2D eigenvalue weighted by Gasteiger charge is -2.15. The van der Waals surface area contributed by atoms with Gasteiger partial charge in [-0.2, -0.15) is 0 Å². The summed E-state index contributed by atoms with van der Waals surface area (Å²) < 4.78 is 21.7. The Labute approximate surface area is 152 Å². The quantitative estimate of drug-likeness (QED) is 0.594. The molecule has 0 radical (unpaired) electrons. The van der Waals surface area contributed by atoms with E-state index in [9.17, 15) is 9.90 Å². The Bertz CT molecular complexity index is 813. The molecule has 0 aliphatic rings. The number of phenolic OH excluding ortho intramolecular Hbond substituents is 1. The molecule has 0 bridgehead atoms. The third-order valence-electron chi connectivity index (χ3n) is 3.70. The van der Waals surface area contributed by atoms with E-state index in [0.717, 1.165) is 5.56 Å². The van der Waals surface area contributed by atoms with Crippen molar-refractivity contribution in [2.45, 2.75) is 13.8 Å². The van der Waals surface area contributed by atoms with Gasteiger partial charge in [-0.15, -0.1) is 0 Å². The van der Waals surface area contributed by atoms with Gasteiger partial charge >= 0.3 is 0 Å². The maximum absolute atomic E-state index is 11.6. The maximum atomic E-state index is 11.6. The lowest BCUT2D eigenvalue weighted by molar-refractivity contribution is 0.101. The van der Waals surface area contributed by atoms with E-state index in [4.69, 9.17) is 18.9 Å². The SMILES string of the molecule is COc1cc(C=C(C)Oc2c(OC)cc(C(C)=O)cc2OC)ccc1O. The van der Waals surface area contributed by atoms with Gasteiger partial charge in [0.15, 0.2) is 28.8 Å². The highest BCUT2D eigenvalue weighted by Gasteiger charge is 2.17. The van der Waals surface area contributed by atoms with Crippen molar-refractivity contribution in [3.05, 3.63) is 47.2 Å². The molecule has 6 heteroatoms. The molecule has 6 nitrogen and oxygen atoms in total. The van der Waals surface area contributed by atoms with Crippen molar-refractivity contribution < 1.29 is 28.8 Å². The van der Waals surface area contributed by atoms with Gasteiger partial charge in [-0.3, -0.25) is 4.79 Å². The summed E-state index contributed by atoms with van der Waals surface area (Å²) >= 11 is 0. The van der Waals surface area contributed by atoms with E-state index in [0.29, 0.717) is 34.3 Å². The van der Waals surface area contributed by atoms with Crippen LogP contribution in [0.1, 0.15) is 29.8 Å². The Kier molecular flexibility index (Phi) is 6.11. The van der Waals surface area contributed by atoms with Crippen LogP contribution in [-0.2, 0) is 0 Å². The van der Waals surface area contributed by atoms with Crippen LogP contribution in [0.5, 0.6) is 28.7 Å². The van der Waals surface area contributed by atoms with Crippen LogP contribution in [0.25, 0.3) is 6.08 Å². The first kappa shape index (κ1) is 19.2. The first-order chi connectivity index (χ1) is 12.4. The molecule has 26 heavy (non-hydrogen) atoms. The molecule has 0 saturated carbocycles. The van der Waals surface area contributed by atoms with Crippen LogP contribution in [0, 0.1) is 0 Å². The summed E-state index contributed by atoms with van der Waals surface area (Å²) in [4.78, 5) is 11.6. The number of benzene rings is 2. The van der Waals surface area contributed by atoms with Gasteiger partial charge in [-0.05, 0) is 49.8 Å². The fourth-order valence-corrected chi connectivity index (χ4v) is 2.39. The Balaban J connectivity index is 2.38. The topological polar surface area (TPSA) is 74.2 Å². The standard InChI is InChI=1S/C20H22O6/c1-12(8-14-6-7-16(22)17(9-14)23-3)26-20-18(24-4)10-15(13(2)21)11-19(20)25-5/h6-11,22H,1-5H3. The molecular weight excluding hydrogens is 336 g/mol. The van der Waals surface area contributed by atoms with Gasteiger partial charge in [0.1, 0.15) is 5.76 Å². The zero-order valence-electron chi connectivity index (χ0n) is 15.5. The molecule has 0 saturated heterocycles. The maximum Gasteiger partial charge on any atom is 0.210 e. The van der Waals surface area contributed by atoms with Crippen LogP contribution in [0.3, 0.4) is 0 Å². The predicted molar refractivity (Wildman–Crippen MR) is 98.5 cm³/mol. The van der Waals surface area contributed by atoms with E-state index >= 15 is 0 Å². The van der Waals surface area contributed by atoms with Gasteiger partial charge in [-0.25, -0.2) is 0 Å². The van der Waals surface area contributed by atoms with Crippen molar-refractivity contribution >= 4 is 11.9 Å². The number of carbonyl (C=O) groups is 1. The molecular formula is C20H22O6. The van der Waals surface area contributed by atoms with Crippen LogP contribution in [0.4, 0.5) is 0 Å². The summed E-state index contributed by atoms with van der Waals surface area (Å²) in [5, 5.41) is 9.67. The molecule has 138 valence electrons. The van der Waals surface area contributed by atoms with Crippen LogP contribution in [0.15, 0.2) is 36.1 Å². The fraction of sp³-hybridized carbons (Fsp3) is 0.250. The predicted octanol–water partition coefficient (Wildman–Crippen LogP) is 4.06. The summed E-state index contributed by atoms with van der Waals surface area (Å²) in [5.41, 5.74) is 1.26. The second-order valence-corrected chi connectivity index (χ2v) is 5.55. The average Bonchev–Trinajstić information content (AvgIpc) is 2.62.